The molecule has 0 radical (unpaired) electrons. The molecule has 106 valence electrons. The Balaban J connectivity index is 2.39. The van der Waals surface area contributed by atoms with Crippen LogP contribution in [-0.4, -0.2) is 24.1 Å². The Kier molecular flexibility index (Phi) is 4.55. The number of benzene rings is 1. The molecule has 2 unspecified atom stereocenters. The molecular weight excluding hydrogens is 280 g/mol. The molecule has 1 aromatic rings. The van der Waals surface area contributed by atoms with Gasteiger partial charge in [0.1, 0.15) is 11.7 Å². The normalized spacial score (nSPS) is 22.7. The van der Waals surface area contributed by atoms with Crippen molar-refractivity contribution in [2.45, 2.75) is 25.7 Å². The molecule has 1 aliphatic carbocycles. The first kappa shape index (κ1) is 14.7. The number of halogens is 1. The third-order valence-electron chi connectivity index (χ3n) is 3.41. The van der Waals surface area contributed by atoms with Gasteiger partial charge in [0.15, 0.2) is 5.78 Å². The fraction of sp³-hybridized carbons (Fsp3) is 0.400. The average molecular weight is 295 g/mol. The summed E-state index contributed by atoms with van der Waals surface area (Å²) in [5, 5.41) is 0.453. The number of Topliss-reactive ketones (excluding diaryl/α,β-unsaturated/α-hetero) is 2. The lowest BCUT2D eigenvalue weighted by atomic mass is 9.74. The van der Waals surface area contributed by atoms with E-state index in [9.17, 15) is 14.4 Å². The van der Waals surface area contributed by atoms with E-state index in [4.69, 9.17) is 16.3 Å². The van der Waals surface area contributed by atoms with Crippen LogP contribution in [0.3, 0.4) is 0 Å². The standard InChI is InChI=1S/C15H15ClO4/c1-2-20-15(19)14-11(7-9(17)8-13(14)18)10-5-3-4-6-12(10)16/h3-6,11,14H,2,7-8H2,1H3. The monoisotopic (exact) mass is 294 g/mol. The zero-order valence-corrected chi connectivity index (χ0v) is 11.9. The van der Waals surface area contributed by atoms with Crippen LogP contribution in [0.1, 0.15) is 31.2 Å². The van der Waals surface area contributed by atoms with Crippen LogP contribution in [0.5, 0.6) is 0 Å². The highest BCUT2D eigenvalue weighted by molar-refractivity contribution is 6.31. The van der Waals surface area contributed by atoms with E-state index in [1.54, 1.807) is 31.2 Å². The van der Waals surface area contributed by atoms with E-state index >= 15 is 0 Å². The summed E-state index contributed by atoms with van der Waals surface area (Å²) in [6.45, 7) is 1.88. The molecule has 0 bridgehead atoms. The lowest BCUT2D eigenvalue weighted by Gasteiger charge is -2.28. The highest BCUT2D eigenvalue weighted by Crippen LogP contribution is 2.38. The fourth-order valence-electron chi connectivity index (χ4n) is 2.56. The van der Waals surface area contributed by atoms with Gasteiger partial charge in [-0.05, 0) is 18.6 Å². The molecule has 1 fully saturated rings. The van der Waals surface area contributed by atoms with Crippen molar-refractivity contribution in [1.82, 2.24) is 0 Å². The minimum Gasteiger partial charge on any atom is -0.465 e. The predicted molar refractivity (Wildman–Crippen MR) is 73.6 cm³/mol. The Hall–Kier alpha value is -1.68. The van der Waals surface area contributed by atoms with Gasteiger partial charge < -0.3 is 4.74 Å². The van der Waals surface area contributed by atoms with Crippen molar-refractivity contribution in [3.63, 3.8) is 0 Å². The summed E-state index contributed by atoms with van der Waals surface area (Å²) in [5.74, 6) is -2.59. The van der Waals surface area contributed by atoms with Crippen LogP contribution >= 0.6 is 11.6 Å². The average Bonchev–Trinajstić information content (AvgIpc) is 2.38. The van der Waals surface area contributed by atoms with Crippen molar-refractivity contribution in [2.24, 2.45) is 5.92 Å². The smallest absolute Gasteiger partial charge is 0.317 e. The number of rotatable bonds is 3. The van der Waals surface area contributed by atoms with Gasteiger partial charge in [0.25, 0.3) is 0 Å². The van der Waals surface area contributed by atoms with Gasteiger partial charge in [-0.15, -0.1) is 0 Å². The van der Waals surface area contributed by atoms with Gasteiger partial charge in [-0.1, -0.05) is 29.8 Å². The van der Waals surface area contributed by atoms with Crippen LogP contribution < -0.4 is 0 Å². The Morgan fingerprint density at radius 1 is 1.35 bits per heavy atom. The maximum absolute atomic E-state index is 12.1. The van der Waals surface area contributed by atoms with Crippen molar-refractivity contribution >= 4 is 29.1 Å². The van der Waals surface area contributed by atoms with Crippen LogP contribution in [-0.2, 0) is 19.1 Å². The van der Waals surface area contributed by atoms with Gasteiger partial charge in [-0.2, -0.15) is 0 Å². The van der Waals surface area contributed by atoms with Crippen LogP contribution in [0.4, 0.5) is 0 Å². The minimum absolute atomic E-state index is 0.138. The first-order chi connectivity index (χ1) is 9.54. The summed E-state index contributed by atoms with van der Waals surface area (Å²) in [6, 6.07) is 6.96. The van der Waals surface area contributed by atoms with Gasteiger partial charge in [0.05, 0.1) is 13.0 Å². The molecule has 0 heterocycles. The van der Waals surface area contributed by atoms with Crippen LogP contribution in [0, 0.1) is 5.92 Å². The van der Waals surface area contributed by atoms with Crippen molar-refractivity contribution in [3.05, 3.63) is 34.9 Å². The molecule has 0 N–H and O–H groups in total. The van der Waals surface area contributed by atoms with Gasteiger partial charge in [0.2, 0.25) is 0 Å². The van der Waals surface area contributed by atoms with Crippen molar-refractivity contribution in [2.75, 3.05) is 6.61 Å². The summed E-state index contributed by atoms with van der Waals surface area (Å²) < 4.78 is 4.96. The molecule has 5 heteroatoms. The molecule has 1 saturated carbocycles. The SMILES string of the molecule is CCOC(=O)C1C(=O)CC(=O)CC1c1ccccc1Cl. The maximum Gasteiger partial charge on any atom is 0.317 e. The van der Waals surface area contributed by atoms with Gasteiger partial charge >= 0.3 is 5.97 Å². The molecule has 2 rings (SSSR count). The van der Waals surface area contributed by atoms with E-state index in [-0.39, 0.29) is 31.0 Å². The molecule has 2 atom stereocenters. The lowest BCUT2D eigenvalue weighted by molar-refractivity contribution is -0.154. The second kappa shape index (κ2) is 6.18. The molecule has 0 spiro atoms. The quantitative estimate of drug-likeness (QED) is 0.635. The maximum atomic E-state index is 12.1. The van der Waals surface area contributed by atoms with Gasteiger partial charge in [0, 0.05) is 17.4 Å². The fourth-order valence-corrected chi connectivity index (χ4v) is 2.83. The number of esters is 1. The number of ketones is 2. The first-order valence-electron chi connectivity index (χ1n) is 6.50. The van der Waals surface area contributed by atoms with Crippen molar-refractivity contribution in [3.8, 4) is 0 Å². The summed E-state index contributed by atoms with van der Waals surface area (Å²) in [7, 11) is 0. The third-order valence-corrected chi connectivity index (χ3v) is 3.76. The van der Waals surface area contributed by atoms with E-state index in [2.05, 4.69) is 0 Å². The second-order valence-corrected chi connectivity index (χ2v) is 5.15. The molecular formula is C15H15ClO4. The summed E-state index contributed by atoms with van der Waals surface area (Å²) in [6.07, 6.45) is -0.0661. The Morgan fingerprint density at radius 3 is 2.70 bits per heavy atom. The number of carbonyl (C=O) groups excluding carboxylic acids is 3. The largest absolute Gasteiger partial charge is 0.465 e. The topological polar surface area (TPSA) is 60.4 Å². The minimum atomic E-state index is -0.937. The van der Waals surface area contributed by atoms with E-state index in [1.807, 2.05) is 0 Å². The summed E-state index contributed by atoms with van der Waals surface area (Å²) >= 11 is 6.13. The molecule has 1 aliphatic rings. The van der Waals surface area contributed by atoms with E-state index in [0.29, 0.717) is 10.6 Å². The highest BCUT2D eigenvalue weighted by atomic mass is 35.5. The number of ether oxygens (including phenoxy) is 1. The summed E-state index contributed by atoms with van der Waals surface area (Å²) in [5.41, 5.74) is 0.647. The van der Waals surface area contributed by atoms with Gasteiger partial charge in [-0.3, -0.25) is 14.4 Å². The van der Waals surface area contributed by atoms with Crippen LogP contribution in [0.15, 0.2) is 24.3 Å². The van der Waals surface area contributed by atoms with Crippen molar-refractivity contribution < 1.29 is 19.1 Å². The Bertz CT molecular complexity index is 553. The first-order valence-corrected chi connectivity index (χ1v) is 6.87. The van der Waals surface area contributed by atoms with Gasteiger partial charge in [-0.25, -0.2) is 0 Å². The predicted octanol–water partition coefficient (Wildman–Crippen LogP) is 2.53. The van der Waals surface area contributed by atoms with Crippen molar-refractivity contribution in [1.29, 1.82) is 0 Å². The van der Waals surface area contributed by atoms with Crippen LogP contribution in [0.25, 0.3) is 0 Å². The van der Waals surface area contributed by atoms with E-state index in [0.717, 1.165) is 0 Å². The molecule has 0 aromatic heterocycles. The zero-order chi connectivity index (χ0) is 14.7. The lowest BCUT2D eigenvalue weighted by Crippen LogP contribution is -2.38. The molecule has 20 heavy (non-hydrogen) atoms. The second-order valence-electron chi connectivity index (χ2n) is 4.74. The summed E-state index contributed by atoms with van der Waals surface area (Å²) in [4.78, 5) is 35.7. The molecule has 1 aromatic carbocycles. The Morgan fingerprint density at radius 2 is 2.05 bits per heavy atom. The zero-order valence-electron chi connectivity index (χ0n) is 11.1. The molecule has 0 aliphatic heterocycles. The molecule has 0 amide bonds. The van der Waals surface area contributed by atoms with E-state index < -0.39 is 17.8 Å². The Labute approximate surface area is 122 Å². The number of hydrogen-bond acceptors (Lipinski definition) is 4. The van der Waals surface area contributed by atoms with Crippen LogP contribution in [0.2, 0.25) is 5.02 Å². The third kappa shape index (κ3) is 2.90. The highest BCUT2D eigenvalue weighted by Gasteiger charge is 2.42. The van der Waals surface area contributed by atoms with E-state index in [1.165, 1.54) is 0 Å². The number of hydrogen-bond donors (Lipinski definition) is 0. The molecule has 0 saturated heterocycles. The molecule has 4 nitrogen and oxygen atoms in total. The number of carbonyl (C=O) groups is 3.